The SMILES string of the molecule is C=CCCCC1=CC=C(B(C2c3cc(C(C)(C)C)ccc3-c3ccc(C(C)(C)C)cc32)N(C(C)C)C(C)C)C1. The van der Waals surface area contributed by atoms with Gasteiger partial charge in [-0.05, 0) is 82.0 Å². The summed E-state index contributed by atoms with van der Waals surface area (Å²) in [5.41, 5.74) is 12.1. The Balaban J connectivity index is 1.91. The summed E-state index contributed by atoms with van der Waals surface area (Å²) in [6.45, 7) is 27.8. The van der Waals surface area contributed by atoms with Crippen molar-refractivity contribution in [1.82, 2.24) is 4.81 Å². The van der Waals surface area contributed by atoms with Gasteiger partial charge in [0.05, 0.1) is 0 Å². The number of hydrogen-bond donors (Lipinski definition) is 0. The van der Waals surface area contributed by atoms with Gasteiger partial charge in [0, 0.05) is 5.82 Å². The van der Waals surface area contributed by atoms with E-state index >= 15 is 0 Å². The van der Waals surface area contributed by atoms with Crippen LogP contribution in [0.15, 0.2) is 72.3 Å². The van der Waals surface area contributed by atoms with Crippen molar-refractivity contribution >= 4 is 6.85 Å². The van der Waals surface area contributed by atoms with E-state index in [4.69, 9.17) is 0 Å². The van der Waals surface area contributed by atoms with Gasteiger partial charge >= 0.3 is 0 Å². The van der Waals surface area contributed by atoms with Crippen LogP contribution >= 0.6 is 0 Å². The molecule has 0 bridgehead atoms. The van der Waals surface area contributed by atoms with Gasteiger partial charge in [0.25, 0.3) is 6.85 Å². The van der Waals surface area contributed by atoms with Crippen molar-refractivity contribution in [2.45, 2.75) is 124 Å². The zero-order chi connectivity index (χ0) is 28.7. The van der Waals surface area contributed by atoms with Crippen molar-refractivity contribution in [2.24, 2.45) is 0 Å². The summed E-state index contributed by atoms with van der Waals surface area (Å²) < 4.78 is 0. The highest BCUT2D eigenvalue weighted by atomic mass is 15.1. The zero-order valence-electron chi connectivity index (χ0n) is 26.5. The third-order valence-corrected chi connectivity index (χ3v) is 8.88. The second kappa shape index (κ2) is 11.3. The number of nitrogens with zero attached hydrogens (tertiary/aromatic N) is 1. The molecule has 0 atom stereocenters. The lowest BCUT2D eigenvalue weighted by Crippen LogP contribution is -2.52. The van der Waals surface area contributed by atoms with Crippen LogP contribution in [0.3, 0.4) is 0 Å². The Bertz CT molecular complexity index is 1190. The van der Waals surface area contributed by atoms with Crippen LogP contribution in [-0.2, 0) is 10.8 Å². The lowest BCUT2D eigenvalue weighted by Gasteiger charge is -2.41. The highest BCUT2D eigenvalue weighted by Crippen LogP contribution is 2.51. The van der Waals surface area contributed by atoms with Gasteiger partial charge in [-0.25, -0.2) is 0 Å². The van der Waals surface area contributed by atoms with Crippen LogP contribution in [0.1, 0.15) is 123 Å². The van der Waals surface area contributed by atoms with Gasteiger partial charge in [0.15, 0.2) is 0 Å². The second-order valence-corrected chi connectivity index (χ2v) is 14.6. The first-order valence-electron chi connectivity index (χ1n) is 15.3. The predicted octanol–water partition coefficient (Wildman–Crippen LogP) is 10.2. The molecule has 1 nitrogen and oxygen atoms in total. The molecule has 0 radical (unpaired) electrons. The van der Waals surface area contributed by atoms with Gasteiger partial charge < -0.3 is 4.81 Å². The van der Waals surface area contributed by atoms with E-state index in [9.17, 15) is 0 Å². The molecule has 4 rings (SSSR count). The molecule has 0 heterocycles. The number of rotatable bonds is 9. The van der Waals surface area contributed by atoms with Crippen LogP contribution in [0.5, 0.6) is 0 Å². The van der Waals surface area contributed by atoms with E-state index in [1.54, 1.807) is 11.0 Å². The van der Waals surface area contributed by atoms with Gasteiger partial charge in [-0.15, -0.1) is 6.58 Å². The Hall–Kier alpha value is -2.32. The standard InChI is InChI=1S/C37H52BN/c1-12-13-14-15-27-16-19-30(22-27)38(39(25(2)3)26(4)5)35-33-23-28(36(6,7)8)17-20-31(33)32-21-18-29(24-34(32)35)37(9,10)11/h12,16-21,23-26,35H,1,13-15,22H2,2-11H3. The molecule has 2 heteroatoms. The minimum absolute atomic E-state index is 0.114. The summed E-state index contributed by atoms with van der Waals surface area (Å²) in [7, 11) is 0. The van der Waals surface area contributed by atoms with Gasteiger partial charge in [-0.2, -0.15) is 0 Å². The van der Waals surface area contributed by atoms with Gasteiger partial charge in [0.2, 0.25) is 0 Å². The van der Waals surface area contributed by atoms with Crippen LogP contribution in [0, 0.1) is 0 Å². The number of hydrogen-bond acceptors (Lipinski definition) is 1. The molecule has 0 saturated carbocycles. The Morgan fingerprint density at radius 1 is 0.846 bits per heavy atom. The number of fused-ring (bicyclic) bond motifs is 3. The lowest BCUT2D eigenvalue weighted by atomic mass is 9.41. The average Bonchev–Trinajstić information content (AvgIpc) is 3.43. The lowest BCUT2D eigenvalue weighted by molar-refractivity contribution is 0.301. The second-order valence-electron chi connectivity index (χ2n) is 14.6. The molecule has 0 unspecified atom stereocenters. The first-order chi connectivity index (χ1) is 18.2. The molecule has 0 N–H and O–H groups in total. The maximum absolute atomic E-state index is 3.93. The van der Waals surface area contributed by atoms with Gasteiger partial charge in [-0.3, -0.25) is 0 Å². The molecule has 2 aromatic rings. The van der Waals surface area contributed by atoms with Crippen molar-refractivity contribution in [3.05, 3.63) is 94.5 Å². The molecule has 39 heavy (non-hydrogen) atoms. The van der Waals surface area contributed by atoms with E-state index in [0.29, 0.717) is 24.7 Å². The normalized spacial score (nSPS) is 15.6. The largest absolute Gasteiger partial charge is 0.333 e. The molecule has 0 aliphatic heterocycles. The van der Waals surface area contributed by atoms with E-state index in [-0.39, 0.29) is 10.8 Å². The average molecular weight is 522 g/mol. The molecule has 0 saturated heterocycles. The van der Waals surface area contributed by atoms with E-state index in [0.717, 1.165) is 12.8 Å². The first-order valence-corrected chi connectivity index (χ1v) is 15.3. The van der Waals surface area contributed by atoms with Gasteiger partial charge in [-0.1, -0.05) is 135 Å². The molecule has 0 amide bonds. The van der Waals surface area contributed by atoms with Crippen molar-refractivity contribution < 1.29 is 0 Å². The fourth-order valence-electron chi connectivity index (χ4n) is 6.84. The summed E-state index contributed by atoms with van der Waals surface area (Å²) in [4.78, 5) is 2.80. The minimum Gasteiger partial charge on any atom is -0.333 e. The van der Waals surface area contributed by atoms with E-state index < -0.39 is 0 Å². The zero-order valence-corrected chi connectivity index (χ0v) is 26.5. The van der Waals surface area contributed by atoms with E-state index in [2.05, 4.69) is 135 Å². The van der Waals surface area contributed by atoms with E-state index in [1.807, 2.05) is 0 Å². The predicted molar refractivity (Wildman–Crippen MR) is 174 cm³/mol. The van der Waals surface area contributed by atoms with E-state index in [1.165, 1.54) is 46.2 Å². The van der Waals surface area contributed by atoms with Crippen molar-refractivity contribution in [1.29, 1.82) is 0 Å². The molecule has 0 fully saturated rings. The third kappa shape index (κ3) is 6.07. The molecule has 0 aromatic heterocycles. The summed E-state index contributed by atoms with van der Waals surface area (Å²) in [6, 6.07) is 15.6. The fraction of sp³-hybridized carbons (Fsp3) is 0.514. The third-order valence-electron chi connectivity index (χ3n) is 8.88. The quantitative estimate of drug-likeness (QED) is 0.180. The Labute approximate surface area is 240 Å². The maximum Gasteiger partial charge on any atom is 0.266 e. The molecule has 2 aromatic carbocycles. The highest BCUT2D eigenvalue weighted by Gasteiger charge is 2.45. The molecular formula is C37H52BN. The summed E-state index contributed by atoms with van der Waals surface area (Å²) in [6.07, 6.45) is 11.5. The molecular weight excluding hydrogens is 469 g/mol. The van der Waals surface area contributed by atoms with Crippen molar-refractivity contribution in [2.75, 3.05) is 0 Å². The van der Waals surface area contributed by atoms with Crippen molar-refractivity contribution in [3.63, 3.8) is 0 Å². The number of allylic oxidation sites excluding steroid dienone is 5. The number of benzene rings is 2. The summed E-state index contributed by atoms with van der Waals surface area (Å²) >= 11 is 0. The first kappa shape index (κ1) is 29.7. The molecule has 208 valence electrons. The molecule has 2 aliphatic rings. The smallest absolute Gasteiger partial charge is 0.266 e. The van der Waals surface area contributed by atoms with Crippen LogP contribution < -0.4 is 0 Å². The van der Waals surface area contributed by atoms with Crippen LogP contribution in [0.25, 0.3) is 11.1 Å². The Morgan fingerprint density at radius 3 is 1.79 bits per heavy atom. The Morgan fingerprint density at radius 2 is 1.36 bits per heavy atom. The van der Waals surface area contributed by atoms with Gasteiger partial charge in [0.1, 0.15) is 0 Å². The summed E-state index contributed by atoms with van der Waals surface area (Å²) in [5.74, 6) is 0.316. The maximum atomic E-state index is 3.93. The van der Waals surface area contributed by atoms with Crippen LogP contribution in [0.4, 0.5) is 0 Å². The van der Waals surface area contributed by atoms with Crippen molar-refractivity contribution in [3.8, 4) is 11.1 Å². The number of unbranched alkanes of at least 4 members (excludes halogenated alkanes) is 1. The highest BCUT2D eigenvalue weighted by molar-refractivity contribution is 6.67. The van der Waals surface area contributed by atoms with Crippen LogP contribution in [0.2, 0.25) is 0 Å². The molecule has 2 aliphatic carbocycles. The summed E-state index contributed by atoms with van der Waals surface area (Å²) in [5, 5.41) is 0. The monoisotopic (exact) mass is 521 g/mol. The topological polar surface area (TPSA) is 3.24 Å². The fourth-order valence-corrected chi connectivity index (χ4v) is 6.84. The minimum atomic E-state index is 0.114. The molecule has 0 spiro atoms. The Kier molecular flexibility index (Phi) is 8.58. The van der Waals surface area contributed by atoms with Crippen LogP contribution in [-0.4, -0.2) is 23.7 Å².